The van der Waals surface area contributed by atoms with Crippen LogP contribution in [0.1, 0.15) is 58.2 Å². The highest BCUT2D eigenvalue weighted by Crippen LogP contribution is 2.31. The van der Waals surface area contributed by atoms with Gasteiger partial charge in [-0.2, -0.15) is 0 Å². The molecule has 0 spiro atoms. The molecule has 0 radical (unpaired) electrons. The van der Waals surface area contributed by atoms with Crippen LogP contribution in [0, 0.1) is 13.8 Å². The van der Waals surface area contributed by atoms with Gasteiger partial charge in [0.15, 0.2) is 0 Å². The number of anilines is 1. The zero-order valence-corrected chi connectivity index (χ0v) is 15.3. The van der Waals surface area contributed by atoms with Crippen LogP contribution >= 0.6 is 11.3 Å². The molecule has 3 N–H and O–H groups in total. The number of rotatable bonds is 5. The number of aryl methyl sites for hydroxylation is 4. The van der Waals surface area contributed by atoms with Crippen LogP contribution in [-0.4, -0.2) is 5.91 Å². The number of nitrogens with one attached hydrogen (secondary N) is 1. The van der Waals surface area contributed by atoms with E-state index in [2.05, 4.69) is 37.4 Å². The van der Waals surface area contributed by atoms with Gasteiger partial charge in [0.25, 0.3) is 0 Å². The van der Waals surface area contributed by atoms with E-state index in [0.717, 1.165) is 37.8 Å². The average molecular weight is 343 g/mol. The molecule has 1 amide bonds. The third-order valence-corrected chi connectivity index (χ3v) is 5.82. The largest absolute Gasteiger partial charge is 0.399 e. The number of hydrogen-bond acceptors (Lipinski definition) is 3. The Morgan fingerprint density at radius 2 is 2.17 bits per heavy atom. The summed E-state index contributed by atoms with van der Waals surface area (Å²) in [7, 11) is 0. The molecule has 1 atom stereocenters. The van der Waals surface area contributed by atoms with Crippen LogP contribution in [0.4, 0.5) is 5.69 Å². The summed E-state index contributed by atoms with van der Waals surface area (Å²) in [5.41, 5.74) is 10.6. The molecule has 0 saturated heterocycles. The Balaban J connectivity index is 1.53. The van der Waals surface area contributed by atoms with E-state index in [9.17, 15) is 4.79 Å². The molecule has 1 aromatic heterocycles. The Morgan fingerprint density at radius 3 is 2.92 bits per heavy atom. The number of amides is 1. The van der Waals surface area contributed by atoms with E-state index in [1.54, 1.807) is 0 Å². The van der Waals surface area contributed by atoms with Gasteiger partial charge >= 0.3 is 0 Å². The topological polar surface area (TPSA) is 55.1 Å². The van der Waals surface area contributed by atoms with Gasteiger partial charge in [0.1, 0.15) is 0 Å². The second kappa shape index (κ2) is 7.39. The highest BCUT2D eigenvalue weighted by molar-refractivity contribution is 7.12. The summed E-state index contributed by atoms with van der Waals surface area (Å²) in [5, 5.41) is 3.22. The van der Waals surface area contributed by atoms with Crippen molar-refractivity contribution in [3.63, 3.8) is 0 Å². The number of hydrogen-bond donors (Lipinski definition) is 2. The number of carbonyl (C=O) groups excluding carboxylic acids is 1. The lowest BCUT2D eigenvalue weighted by atomic mass is 9.87. The van der Waals surface area contributed by atoms with E-state index >= 15 is 0 Å². The summed E-state index contributed by atoms with van der Waals surface area (Å²) in [4.78, 5) is 15.1. The third-order valence-electron chi connectivity index (χ3n) is 4.81. The van der Waals surface area contributed by atoms with Crippen LogP contribution in [0.15, 0.2) is 24.3 Å². The van der Waals surface area contributed by atoms with Crippen LogP contribution in [0.3, 0.4) is 0 Å². The van der Waals surface area contributed by atoms with Gasteiger partial charge < -0.3 is 11.1 Å². The molecule has 1 unspecified atom stereocenters. The normalized spacial score (nSPS) is 16.7. The summed E-state index contributed by atoms with van der Waals surface area (Å²) in [5.74, 6) is 0.161. The monoisotopic (exact) mass is 342 g/mol. The van der Waals surface area contributed by atoms with Crippen LogP contribution in [0.2, 0.25) is 0 Å². The van der Waals surface area contributed by atoms with E-state index in [4.69, 9.17) is 5.73 Å². The number of nitrogens with two attached hydrogens (primary N) is 1. The first-order chi connectivity index (χ1) is 11.5. The second-order valence-corrected chi connectivity index (χ2v) is 8.22. The summed E-state index contributed by atoms with van der Waals surface area (Å²) >= 11 is 1.84. The summed E-state index contributed by atoms with van der Waals surface area (Å²) in [6, 6.07) is 8.46. The third kappa shape index (κ3) is 3.99. The zero-order valence-electron chi connectivity index (χ0n) is 14.5. The van der Waals surface area contributed by atoms with Crippen molar-refractivity contribution in [1.82, 2.24) is 5.32 Å². The smallest absolute Gasteiger partial charge is 0.220 e. The van der Waals surface area contributed by atoms with Gasteiger partial charge in [-0.05, 0) is 80.8 Å². The zero-order chi connectivity index (χ0) is 17.1. The first-order valence-electron chi connectivity index (χ1n) is 8.76. The van der Waals surface area contributed by atoms with Gasteiger partial charge in [-0.3, -0.25) is 4.79 Å². The first-order valence-corrected chi connectivity index (χ1v) is 9.58. The molecule has 3 nitrogen and oxygen atoms in total. The highest BCUT2D eigenvalue weighted by atomic mass is 32.1. The minimum absolute atomic E-state index is 0.145. The number of nitrogen functional groups attached to an aromatic ring is 1. The Kier molecular flexibility index (Phi) is 5.24. The second-order valence-electron chi connectivity index (χ2n) is 6.76. The Hall–Kier alpha value is -1.81. The van der Waals surface area contributed by atoms with E-state index in [1.807, 2.05) is 17.4 Å². The molecule has 0 fully saturated rings. The van der Waals surface area contributed by atoms with Crippen LogP contribution in [0.5, 0.6) is 0 Å². The lowest BCUT2D eigenvalue weighted by Gasteiger charge is -2.26. The summed E-state index contributed by atoms with van der Waals surface area (Å²) in [6.07, 6.45) is 5.67. The highest BCUT2D eigenvalue weighted by Gasteiger charge is 2.21. The molecule has 0 saturated carbocycles. The molecule has 0 bridgehead atoms. The molecule has 24 heavy (non-hydrogen) atoms. The van der Waals surface area contributed by atoms with Crippen molar-refractivity contribution >= 4 is 22.9 Å². The molecule has 1 heterocycles. The van der Waals surface area contributed by atoms with Gasteiger partial charge in [-0.25, -0.2) is 0 Å². The van der Waals surface area contributed by atoms with Gasteiger partial charge in [-0.15, -0.1) is 11.3 Å². The molecule has 3 rings (SSSR count). The lowest BCUT2D eigenvalue weighted by Crippen LogP contribution is -2.30. The van der Waals surface area contributed by atoms with Crippen molar-refractivity contribution < 1.29 is 4.79 Å². The predicted octanol–water partition coefficient (Wildman–Crippen LogP) is 4.46. The Bertz CT molecular complexity index is 735. The molecule has 1 aromatic carbocycles. The standard InChI is InChI=1S/C20H26N2OS/c1-13-11-15(14(2)24-13)5-4-8-20(23)22-19-7-3-6-16-12-17(21)9-10-18(16)19/h9-12,19H,3-8,21H2,1-2H3,(H,22,23). The maximum absolute atomic E-state index is 12.3. The molecular formula is C20H26N2OS. The summed E-state index contributed by atoms with van der Waals surface area (Å²) < 4.78 is 0. The average Bonchev–Trinajstić information content (AvgIpc) is 2.85. The molecular weight excluding hydrogens is 316 g/mol. The van der Waals surface area contributed by atoms with Gasteiger partial charge in [-0.1, -0.05) is 6.07 Å². The maximum atomic E-state index is 12.3. The van der Waals surface area contributed by atoms with Crippen LogP contribution in [0.25, 0.3) is 0 Å². The molecule has 0 aliphatic heterocycles. The molecule has 4 heteroatoms. The van der Waals surface area contributed by atoms with Gasteiger partial charge in [0.05, 0.1) is 6.04 Å². The number of carbonyl (C=O) groups is 1. The molecule has 128 valence electrons. The number of fused-ring (bicyclic) bond motifs is 1. The van der Waals surface area contributed by atoms with Crippen molar-refractivity contribution in [2.75, 3.05) is 5.73 Å². The van der Waals surface area contributed by atoms with E-state index in [0.29, 0.717) is 6.42 Å². The van der Waals surface area contributed by atoms with Crippen molar-refractivity contribution in [3.8, 4) is 0 Å². The Labute approximate surface area is 148 Å². The van der Waals surface area contributed by atoms with E-state index in [1.165, 1.54) is 26.4 Å². The summed E-state index contributed by atoms with van der Waals surface area (Å²) in [6.45, 7) is 4.30. The van der Waals surface area contributed by atoms with Crippen molar-refractivity contribution in [3.05, 3.63) is 50.7 Å². The molecule has 2 aromatic rings. The van der Waals surface area contributed by atoms with Crippen molar-refractivity contribution in [2.45, 2.75) is 58.4 Å². The van der Waals surface area contributed by atoms with E-state index < -0.39 is 0 Å². The number of thiophene rings is 1. The minimum Gasteiger partial charge on any atom is -0.399 e. The first kappa shape index (κ1) is 17.0. The van der Waals surface area contributed by atoms with Gasteiger partial charge in [0, 0.05) is 21.9 Å². The predicted molar refractivity (Wildman–Crippen MR) is 101 cm³/mol. The fourth-order valence-electron chi connectivity index (χ4n) is 3.62. The lowest BCUT2D eigenvalue weighted by molar-refractivity contribution is -0.122. The van der Waals surface area contributed by atoms with Crippen LogP contribution < -0.4 is 11.1 Å². The fourth-order valence-corrected chi connectivity index (χ4v) is 4.60. The molecule has 1 aliphatic carbocycles. The van der Waals surface area contributed by atoms with E-state index in [-0.39, 0.29) is 11.9 Å². The maximum Gasteiger partial charge on any atom is 0.220 e. The van der Waals surface area contributed by atoms with Crippen molar-refractivity contribution in [2.24, 2.45) is 0 Å². The molecule has 1 aliphatic rings. The number of benzene rings is 1. The van der Waals surface area contributed by atoms with Crippen LogP contribution in [-0.2, 0) is 17.6 Å². The Morgan fingerprint density at radius 1 is 1.33 bits per heavy atom. The van der Waals surface area contributed by atoms with Crippen molar-refractivity contribution in [1.29, 1.82) is 0 Å². The van der Waals surface area contributed by atoms with Gasteiger partial charge in [0.2, 0.25) is 5.91 Å². The SMILES string of the molecule is Cc1cc(CCCC(=O)NC2CCCc3cc(N)ccc32)c(C)s1. The minimum atomic E-state index is 0.145. The fraction of sp³-hybridized carbons (Fsp3) is 0.450. The quantitative estimate of drug-likeness (QED) is 0.788.